The molecule has 0 aromatic heterocycles. The fraction of sp³-hybridized carbons (Fsp3) is 0.474. The number of thioether (sulfide) groups is 2. The van der Waals surface area contributed by atoms with Crippen molar-refractivity contribution in [2.75, 3.05) is 36.8 Å². The zero-order chi connectivity index (χ0) is 22.3. The van der Waals surface area contributed by atoms with Gasteiger partial charge in [-0.2, -0.15) is 8.42 Å². The van der Waals surface area contributed by atoms with Crippen molar-refractivity contribution in [3.05, 3.63) is 34.2 Å². The summed E-state index contributed by atoms with van der Waals surface area (Å²) in [6.07, 6.45) is 0.251. The van der Waals surface area contributed by atoms with E-state index in [9.17, 15) is 13.2 Å². The minimum Gasteiger partial charge on any atom is -0.334 e. The molecule has 0 aliphatic carbocycles. The summed E-state index contributed by atoms with van der Waals surface area (Å²) in [6, 6.07) is 7.65. The minimum atomic E-state index is -4.00. The number of nitrogens with one attached hydrogen (secondary N) is 1. The Morgan fingerprint density at radius 2 is 1.77 bits per heavy atom. The second kappa shape index (κ2) is 11.5. The van der Waals surface area contributed by atoms with Crippen molar-refractivity contribution in [2.24, 2.45) is 0 Å². The van der Waals surface area contributed by atoms with Crippen LogP contribution < -0.4 is 10.2 Å². The molecule has 0 atom stereocenters. The molecular weight excluding hydrogens is 462 g/mol. The number of benzene rings is 1. The third-order valence-corrected chi connectivity index (χ3v) is 7.88. The molecule has 1 fully saturated rings. The van der Waals surface area contributed by atoms with Crippen LogP contribution in [0.1, 0.15) is 27.2 Å². The van der Waals surface area contributed by atoms with Crippen molar-refractivity contribution in [1.29, 1.82) is 0 Å². The summed E-state index contributed by atoms with van der Waals surface area (Å²) in [4.78, 5) is 17.8. The molecule has 1 amide bonds. The number of anilines is 1. The minimum absolute atomic E-state index is 0.241. The van der Waals surface area contributed by atoms with Crippen molar-refractivity contribution < 1.29 is 17.8 Å². The van der Waals surface area contributed by atoms with Crippen LogP contribution in [0.15, 0.2) is 39.1 Å². The van der Waals surface area contributed by atoms with E-state index in [1.54, 1.807) is 0 Å². The summed E-state index contributed by atoms with van der Waals surface area (Å²) >= 11 is 7.69. The van der Waals surface area contributed by atoms with E-state index < -0.39 is 10.1 Å². The lowest BCUT2D eigenvalue weighted by atomic mass is 10.3. The van der Waals surface area contributed by atoms with Crippen LogP contribution in [0.2, 0.25) is 0 Å². The molecule has 2 aliphatic rings. The van der Waals surface area contributed by atoms with Crippen molar-refractivity contribution in [3.8, 4) is 0 Å². The number of hydrogen-bond acceptors (Lipinski definition) is 8. The number of nitrogens with zero attached hydrogens (tertiary/aromatic N) is 2. The standard InChI is InChI=1S/C13H12N2O4S4.C6H15N/c16-11-10(22-13(20)14-11)12-15(6-3-7-23(17,18)19)8-4-1-2-5-9(8)21-12;1-4-7(5-2)6-3/h1-2,4-5H,3,6-7H2,(H,14,16,20)(H,17,18,19);4-6H2,1-3H3. The number of thiocarbonyl (C=S) groups is 1. The Morgan fingerprint density at radius 3 is 2.27 bits per heavy atom. The quantitative estimate of drug-likeness (QED) is 0.339. The molecule has 7 nitrogen and oxygen atoms in total. The summed E-state index contributed by atoms with van der Waals surface area (Å²) in [5.41, 5.74) is 0.918. The predicted octanol–water partition coefficient (Wildman–Crippen LogP) is 3.54. The molecule has 0 bridgehead atoms. The van der Waals surface area contributed by atoms with E-state index in [2.05, 4.69) is 31.0 Å². The first-order valence-electron chi connectivity index (χ1n) is 9.69. The number of fused-ring (bicyclic) bond motifs is 1. The molecule has 166 valence electrons. The van der Waals surface area contributed by atoms with Gasteiger partial charge in [-0.3, -0.25) is 9.35 Å². The van der Waals surface area contributed by atoms with Gasteiger partial charge in [0.1, 0.15) is 14.3 Å². The van der Waals surface area contributed by atoms with Crippen molar-refractivity contribution >= 4 is 61.8 Å². The van der Waals surface area contributed by atoms with Gasteiger partial charge in [-0.15, -0.1) is 0 Å². The van der Waals surface area contributed by atoms with Crippen LogP contribution in [0.3, 0.4) is 0 Å². The number of carbonyl (C=O) groups excluding carboxylic acids is 1. The Morgan fingerprint density at radius 1 is 1.13 bits per heavy atom. The third-order valence-electron chi connectivity index (χ3n) is 4.54. The molecule has 11 heteroatoms. The largest absolute Gasteiger partial charge is 0.334 e. The highest BCUT2D eigenvalue weighted by molar-refractivity contribution is 8.27. The molecule has 0 spiro atoms. The maximum Gasteiger partial charge on any atom is 0.266 e. The highest BCUT2D eigenvalue weighted by Gasteiger charge is 2.34. The fourth-order valence-corrected chi connectivity index (χ4v) is 5.84. The summed E-state index contributed by atoms with van der Waals surface area (Å²) in [5, 5.41) is 3.33. The van der Waals surface area contributed by atoms with Gasteiger partial charge < -0.3 is 15.1 Å². The first-order chi connectivity index (χ1) is 14.2. The van der Waals surface area contributed by atoms with E-state index in [1.807, 2.05) is 29.2 Å². The number of para-hydroxylation sites is 1. The van der Waals surface area contributed by atoms with Crippen LogP contribution in [0.25, 0.3) is 0 Å². The zero-order valence-corrected chi connectivity index (χ0v) is 20.5. The SMILES string of the molecule is CCN(CC)CC.O=C1NC(=S)SC1=C1Sc2ccccc2N1CCCS(=O)(=O)O. The van der Waals surface area contributed by atoms with E-state index >= 15 is 0 Å². The third kappa shape index (κ3) is 6.96. The van der Waals surface area contributed by atoms with Crippen LogP contribution in [-0.4, -0.2) is 60.0 Å². The Bertz CT molecular complexity index is 909. The summed E-state index contributed by atoms with van der Waals surface area (Å²) < 4.78 is 31.1. The predicted molar refractivity (Wildman–Crippen MR) is 129 cm³/mol. The van der Waals surface area contributed by atoms with Gasteiger partial charge in [0.15, 0.2) is 0 Å². The molecule has 2 heterocycles. The Hall–Kier alpha value is -1.11. The maximum atomic E-state index is 12.0. The number of amides is 1. The molecule has 1 aromatic carbocycles. The normalized spacial score (nSPS) is 18.4. The Balaban J connectivity index is 0.000000396. The molecule has 2 aliphatic heterocycles. The van der Waals surface area contributed by atoms with Gasteiger partial charge in [-0.25, -0.2) is 0 Å². The van der Waals surface area contributed by atoms with E-state index in [4.69, 9.17) is 16.8 Å². The first kappa shape index (κ1) is 25.2. The van der Waals surface area contributed by atoms with Crippen LogP contribution in [-0.2, 0) is 14.9 Å². The summed E-state index contributed by atoms with van der Waals surface area (Å²) in [5.74, 6) is -0.563. The number of hydrogen-bond donors (Lipinski definition) is 2. The molecule has 1 aromatic rings. The molecule has 30 heavy (non-hydrogen) atoms. The molecule has 2 N–H and O–H groups in total. The molecule has 3 rings (SSSR count). The molecular formula is C19H27N3O4S4. The van der Waals surface area contributed by atoms with Crippen molar-refractivity contribution in [3.63, 3.8) is 0 Å². The van der Waals surface area contributed by atoms with Crippen LogP contribution >= 0.6 is 35.7 Å². The van der Waals surface area contributed by atoms with Crippen molar-refractivity contribution in [1.82, 2.24) is 10.2 Å². The lowest BCUT2D eigenvalue weighted by Crippen LogP contribution is -2.24. The van der Waals surface area contributed by atoms with Crippen molar-refractivity contribution in [2.45, 2.75) is 32.1 Å². The van der Waals surface area contributed by atoms with Gasteiger partial charge in [0.2, 0.25) is 0 Å². The van der Waals surface area contributed by atoms with Gasteiger partial charge >= 0.3 is 0 Å². The lowest BCUT2D eigenvalue weighted by Gasteiger charge is -2.20. The highest BCUT2D eigenvalue weighted by Crippen LogP contribution is 2.49. The lowest BCUT2D eigenvalue weighted by molar-refractivity contribution is -0.115. The number of carbonyl (C=O) groups is 1. The van der Waals surface area contributed by atoms with Crippen LogP contribution in [0, 0.1) is 0 Å². The first-order valence-corrected chi connectivity index (χ1v) is 13.3. The van der Waals surface area contributed by atoms with Crippen LogP contribution in [0.4, 0.5) is 5.69 Å². The average Bonchev–Trinajstić information content (AvgIpc) is 3.22. The van der Waals surface area contributed by atoms with Gasteiger partial charge in [-0.1, -0.05) is 68.6 Å². The second-order valence-corrected chi connectivity index (χ2v) is 10.7. The highest BCUT2D eigenvalue weighted by atomic mass is 32.2. The average molecular weight is 490 g/mol. The van der Waals surface area contributed by atoms with E-state index in [0.29, 0.717) is 15.8 Å². The molecule has 0 unspecified atom stereocenters. The molecule has 0 radical (unpaired) electrons. The second-order valence-electron chi connectivity index (χ2n) is 6.46. The van der Waals surface area contributed by atoms with Crippen LogP contribution in [0.5, 0.6) is 0 Å². The fourth-order valence-electron chi connectivity index (χ4n) is 2.96. The summed E-state index contributed by atoms with van der Waals surface area (Å²) in [6.45, 7) is 10.5. The molecule has 0 saturated carbocycles. The Labute approximate surface area is 192 Å². The van der Waals surface area contributed by atoms with E-state index in [0.717, 1.165) is 15.6 Å². The van der Waals surface area contributed by atoms with Gasteiger partial charge in [-0.05, 0) is 38.2 Å². The topological polar surface area (TPSA) is 90.0 Å². The summed E-state index contributed by atoms with van der Waals surface area (Å²) in [7, 11) is -4.00. The Kier molecular flexibility index (Phi) is 9.64. The monoisotopic (exact) mass is 489 g/mol. The van der Waals surface area contributed by atoms with Gasteiger partial charge in [0.05, 0.1) is 11.4 Å². The number of rotatable bonds is 7. The van der Waals surface area contributed by atoms with E-state index in [-0.39, 0.29) is 18.1 Å². The van der Waals surface area contributed by atoms with Gasteiger partial charge in [0, 0.05) is 11.4 Å². The van der Waals surface area contributed by atoms with E-state index in [1.165, 1.54) is 43.2 Å². The smallest absolute Gasteiger partial charge is 0.266 e. The van der Waals surface area contributed by atoms with Gasteiger partial charge in [0.25, 0.3) is 16.0 Å². The zero-order valence-electron chi connectivity index (χ0n) is 17.3. The molecule has 1 saturated heterocycles. The maximum absolute atomic E-state index is 12.0.